The maximum atomic E-state index is 6.02. The molecule has 2 heterocycles. The van der Waals surface area contributed by atoms with Gasteiger partial charge in [-0.1, -0.05) is 55.8 Å². The summed E-state index contributed by atoms with van der Waals surface area (Å²) in [5.74, 6) is 1.65. The van der Waals surface area contributed by atoms with Gasteiger partial charge in [-0.2, -0.15) is 0 Å². The molecule has 1 aliphatic heterocycles. The highest BCUT2D eigenvalue weighted by Crippen LogP contribution is 2.32. The fourth-order valence-corrected chi connectivity index (χ4v) is 3.89. The number of aromatic nitrogens is 2. The number of ether oxygens (including phenoxy) is 1. The van der Waals surface area contributed by atoms with Gasteiger partial charge < -0.3 is 14.5 Å². The van der Waals surface area contributed by atoms with Crippen LogP contribution in [0.5, 0.6) is 5.75 Å². The van der Waals surface area contributed by atoms with Crippen molar-refractivity contribution in [2.75, 3.05) is 38.1 Å². The second-order valence-corrected chi connectivity index (χ2v) is 8.94. The fraction of sp³-hybridized carbons (Fsp3) is 0.385. The molecule has 4 rings (SSSR count). The van der Waals surface area contributed by atoms with Crippen molar-refractivity contribution < 1.29 is 4.74 Å². The highest BCUT2D eigenvalue weighted by atomic mass is 16.5. The number of likely N-dealkylation sites (N-methyl/N-ethyl adjacent to an activating group) is 1. The summed E-state index contributed by atoms with van der Waals surface area (Å²) in [6, 6.07) is 19.1. The smallest absolute Gasteiger partial charge is 0.225 e. The van der Waals surface area contributed by atoms with Crippen molar-refractivity contribution in [1.82, 2.24) is 14.9 Å². The molecule has 1 saturated heterocycles. The number of nitrogens with zero attached hydrogens (tertiary/aromatic N) is 4. The van der Waals surface area contributed by atoms with Gasteiger partial charge in [-0.15, -0.1) is 0 Å². The number of benzene rings is 2. The average Bonchev–Trinajstić information content (AvgIpc) is 2.79. The number of hydrogen-bond donors (Lipinski definition) is 0. The molecule has 162 valence electrons. The van der Waals surface area contributed by atoms with Crippen LogP contribution < -0.4 is 9.64 Å². The minimum atomic E-state index is -0.0592. The normalized spacial score (nSPS) is 15.2. The van der Waals surface area contributed by atoms with Gasteiger partial charge in [0.1, 0.15) is 12.4 Å². The summed E-state index contributed by atoms with van der Waals surface area (Å²) in [5.41, 5.74) is 4.69. The molecule has 0 spiro atoms. The summed E-state index contributed by atoms with van der Waals surface area (Å²) in [6.45, 7) is 11.1. The van der Waals surface area contributed by atoms with Gasteiger partial charge >= 0.3 is 0 Å². The first-order valence-electron chi connectivity index (χ1n) is 11.0. The highest BCUT2D eigenvalue weighted by molar-refractivity contribution is 5.41. The van der Waals surface area contributed by atoms with Crippen molar-refractivity contribution in [3.05, 3.63) is 83.2 Å². The zero-order chi connectivity index (χ0) is 21.8. The summed E-state index contributed by atoms with van der Waals surface area (Å²) in [4.78, 5) is 13.7. The van der Waals surface area contributed by atoms with Gasteiger partial charge in [0, 0.05) is 37.8 Å². The summed E-state index contributed by atoms with van der Waals surface area (Å²) in [6.07, 6.45) is 1.83. The van der Waals surface area contributed by atoms with E-state index in [1.165, 1.54) is 16.7 Å². The molecule has 0 N–H and O–H groups in total. The van der Waals surface area contributed by atoms with E-state index < -0.39 is 0 Å². The van der Waals surface area contributed by atoms with Crippen molar-refractivity contribution in [2.45, 2.75) is 32.8 Å². The number of aryl methyl sites for hydroxylation is 1. The lowest BCUT2D eigenvalue weighted by atomic mass is 9.78. The molecular formula is C26H32N4O. The number of hydrogen-bond acceptors (Lipinski definition) is 5. The Kier molecular flexibility index (Phi) is 6.23. The zero-order valence-electron chi connectivity index (χ0n) is 19.0. The summed E-state index contributed by atoms with van der Waals surface area (Å²) in [7, 11) is 2.15. The number of piperazine rings is 1. The third kappa shape index (κ3) is 5.05. The Balaban J connectivity index is 1.39. The molecule has 31 heavy (non-hydrogen) atoms. The largest absolute Gasteiger partial charge is 0.487 e. The maximum absolute atomic E-state index is 6.02. The van der Waals surface area contributed by atoms with Crippen LogP contribution in [0.3, 0.4) is 0 Å². The van der Waals surface area contributed by atoms with E-state index in [0.29, 0.717) is 6.61 Å². The summed E-state index contributed by atoms with van der Waals surface area (Å²) >= 11 is 0. The van der Waals surface area contributed by atoms with Crippen molar-refractivity contribution in [1.29, 1.82) is 0 Å². The molecule has 0 unspecified atom stereocenters. The molecule has 1 fully saturated rings. The summed E-state index contributed by atoms with van der Waals surface area (Å²) < 4.78 is 6.02. The molecule has 0 radical (unpaired) electrons. The van der Waals surface area contributed by atoms with E-state index >= 15 is 0 Å². The Labute approximate surface area is 185 Å². The molecule has 5 nitrogen and oxygen atoms in total. The predicted molar refractivity (Wildman–Crippen MR) is 126 cm³/mol. The molecule has 0 atom stereocenters. The topological polar surface area (TPSA) is 41.5 Å². The minimum absolute atomic E-state index is 0.0592. The maximum Gasteiger partial charge on any atom is 0.225 e. The van der Waals surface area contributed by atoms with Crippen LogP contribution in [-0.2, 0) is 12.0 Å². The van der Waals surface area contributed by atoms with Crippen LogP contribution in [0.4, 0.5) is 5.95 Å². The van der Waals surface area contributed by atoms with Gasteiger partial charge in [0.05, 0.1) is 5.69 Å². The third-order valence-corrected chi connectivity index (χ3v) is 6.22. The molecule has 0 saturated carbocycles. The molecular weight excluding hydrogens is 384 g/mol. The lowest BCUT2D eigenvalue weighted by molar-refractivity contribution is 0.299. The van der Waals surface area contributed by atoms with Crippen molar-refractivity contribution in [2.24, 2.45) is 0 Å². The van der Waals surface area contributed by atoms with Crippen molar-refractivity contribution >= 4 is 5.95 Å². The van der Waals surface area contributed by atoms with Gasteiger partial charge in [-0.25, -0.2) is 9.97 Å². The second-order valence-electron chi connectivity index (χ2n) is 8.94. The van der Waals surface area contributed by atoms with Gasteiger partial charge in [-0.05, 0) is 43.3 Å². The molecule has 0 bridgehead atoms. The number of anilines is 1. The molecule has 1 aromatic heterocycles. The van der Waals surface area contributed by atoms with Crippen LogP contribution in [0.25, 0.3) is 0 Å². The van der Waals surface area contributed by atoms with Gasteiger partial charge in [0.2, 0.25) is 5.95 Å². The predicted octanol–water partition coefficient (Wildman–Crippen LogP) is 4.44. The lowest BCUT2D eigenvalue weighted by Gasteiger charge is -2.32. The Morgan fingerprint density at radius 3 is 2.13 bits per heavy atom. The van der Waals surface area contributed by atoms with E-state index in [-0.39, 0.29) is 5.41 Å². The fourth-order valence-electron chi connectivity index (χ4n) is 3.89. The standard InChI is InChI=1S/C26H32N4O/c1-20-5-7-21(8-6-20)26(2,3)22-9-11-24(12-10-22)31-19-23-13-14-27-25(28-23)30-17-15-29(4)16-18-30/h5-14H,15-19H2,1-4H3. The van der Waals surface area contributed by atoms with Gasteiger partial charge in [0.15, 0.2) is 0 Å². The molecule has 5 heteroatoms. The quantitative estimate of drug-likeness (QED) is 0.594. The zero-order valence-corrected chi connectivity index (χ0v) is 19.0. The van der Waals surface area contributed by atoms with E-state index in [2.05, 4.69) is 79.0 Å². The van der Waals surface area contributed by atoms with E-state index in [1.54, 1.807) is 0 Å². The van der Waals surface area contributed by atoms with Crippen LogP contribution in [0, 0.1) is 6.92 Å². The molecule has 1 aliphatic rings. The second kappa shape index (κ2) is 9.06. The average molecular weight is 417 g/mol. The highest BCUT2D eigenvalue weighted by Gasteiger charge is 2.23. The van der Waals surface area contributed by atoms with E-state index in [4.69, 9.17) is 9.72 Å². The molecule has 3 aromatic rings. The first-order chi connectivity index (χ1) is 14.9. The van der Waals surface area contributed by atoms with Crippen LogP contribution >= 0.6 is 0 Å². The first-order valence-corrected chi connectivity index (χ1v) is 11.0. The van der Waals surface area contributed by atoms with Gasteiger partial charge in [0.25, 0.3) is 0 Å². The monoisotopic (exact) mass is 416 g/mol. The molecule has 2 aromatic carbocycles. The van der Waals surface area contributed by atoms with Crippen LogP contribution in [0.2, 0.25) is 0 Å². The Hall–Kier alpha value is -2.92. The Bertz CT molecular complexity index is 991. The van der Waals surface area contributed by atoms with Crippen LogP contribution in [0.15, 0.2) is 60.8 Å². The Morgan fingerprint density at radius 2 is 1.48 bits per heavy atom. The molecule has 0 aliphatic carbocycles. The summed E-state index contributed by atoms with van der Waals surface area (Å²) in [5, 5.41) is 0. The van der Waals surface area contributed by atoms with Gasteiger partial charge in [-0.3, -0.25) is 0 Å². The molecule has 0 amide bonds. The SMILES string of the molecule is Cc1ccc(C(C)(C)c2ccc(OCc3ccnc(N4CCN(C)CC4)n3)cc2)cc1. The van der Waals surface area contributed by atoms with E-state index in [0.717, 1.165) is 43.6 Å². The Morgan fingerprint density at radius 1 is 0.871 bits per heavy atom. The number of rotatable bonds is 6. The van der Waals surface area contributed by atoms with Crippen molar-refractivity contribution in [3.8, 4) is 5.75 Å². The first kappa shape index (κ1) is 21.3. The van der Waals surface area contributed by atoms with Crippen LogP contribution in [-0.4, -0.2) is 48.1 Å². The van der Waals surface area contributed by atoms with Crippen LogP contribution in [0.1, 0.15) is 36.2 Å². The van der Waals surface area contributed by atoms with E-state index in [9.17, 15) is 0 Å². The third-order valence-electron chi connectivity index (χ3n) is 6.22. The lowest BCUT2D eigenvalue weighted by Crippen LogP contribution is -2.45. The van der Waals surface area contributed by atoms with E-state index in [1.807, 2.05) is 24.4 Å². The minimum Gasteiger partial charge on any atom is -0.487 e. The van der Waals surface area contributed by atoms with Crippen molar-refractivity contribution in [3.63, 3.8) is 0 Å².